The van der Waals surface area contributed by atoms with Gasteiger partial charge in [0.1, 0.15) is 0 Å². The highest BCUT2D eigenvalue weighted by molar-refractivity contribution is 7.71. The van der Waals surface area contributed by atoms with E-state index in [0.717, 1.165) is 22.5 Å². The number of hydrogen-bond donors (Lipinski definition) is 2. The zero-order valence-electron chi connectivity index (χ0n) is 16.2. The third-order valence-corrected chi connectivity index (χ3v) is 5.31. The van der Waals surface area contributed by atoms with E-state index in [1.807, 2.05) is 60.8 Å². The van der Waals surface area contributed by atoms with E-state index < -0.39 is 0 Å². The molecule has 2 aromatic carbocycles. The van der Waals surface area contributed by atoms with Crippen molar-refractivity contribution < 1.29 is 4.79 Å². The number of nitrogens with zero attached hydrogens (tertiary/aromatic N) is 4. The maximum atomic E-state index is 12.6. The van der Waals surface area contributed by atoms with Crippen molar-refractivity contribution in [3.05, 3.63) is 82.0 Å². The second-order valence-corrected chi connectivity index (χ2v) is 7.57. The largest absolute Gasteiger partial charge is 0.349 e. The molecule has 0 spiro atoms. The zero-order chi connectivity index (χ0) is 21.1. The number of rotatable bonds is 6. The molecule has 0 unspecified atom stereocenters. The molecule has 2 heterocycles. The van der Waals surface area contributed by atoms with E-state index in [4.69, 9.17) is 28.9 Å². The molecule has 0 saturated carbocycles. The number of benzene rings is 2. The fourth-order valence-corrected chi connectivity index (χ4v) is 3.33. The summed E-state index contributed by atoms with van der Waals surface area (Å²) < 4.78 is 4.01. The van der Waals surface area contributed by atoms with Crippen LogP contribution < -0.4 is 5.32 Å². The average molecular weight is 439 g/mol. The Balaban J connectivity index is 1.59. The first-order valence-electron chi connectivity index (χ1n) is 9.28. The summed E-state index contributed by atoms with van der Waals surface area (Å²) in [6, 6.07) is 17.2. The molecule has 0 saturated heterocycles. The van der Waals surface area contributed by atoms with Crippen molar-refractivity contribution in [2.75, 3.05) is 0 Å². The molecule has 0 radical (unpaired) electrons. The summed E-state index contributed by atoms with van der Waals surface area (Å²) >= 11 is 11.1. The Labute approximate surface area is 183 Å². The molecule has 0 atom stereocenters. The predicted octanol–water partition coefficient (Wildman–Crippen LogP) is 3.84. The van der Waals surface area contributed by atoms with Crippen molar-refractivity contribution in [3.8, 4) is 16.9 Å². The van der Waals surface area contributed by atoms with Crippen molar-refractivity contribution in [1.29, 1.82) is 0 Å². The van der Waals surface area contributed by atoms with E-state index >= 15 is 0 Å². The van der Waals surface area contributed by atoms with Crippen LogP contribution in [0.4, 0.5) is 0 Å². The first-order valence-corrected chi connectivity index (χ1v) is 10.1. The molecule has 1 amide bonds. The van der Waals surface area contributed by atoms with Crippen LogP contribution in [-0.2, 0) is 24.8 Å². The monoisotopic (exact) mass is 438 g/mol. The lowest BCUT2D eigenvalue weighted by atomic mass is 10.1. The lowest BCUT2D eigenvalue weighted by molar-refractivity contribution is -0.120. The highest BCUT2D eigenvalue weighted by atomic mass is 35.5. The minimum Gasteiger partial charge on any atom is -0.349 e. The van der Waals surface area contributed by atoms with Gasteiger partial charge in [-0.05, 0) is 36.5 Å². The van der Waals surface area contributed by atoms with Crippen LogP contribution in [0.1, 0.15) is 11.4 Å². The van der Waals surface area contributed by atoms with Gasteiger partial charge < -0.3 is 9.88 Å². The summed E-state index contributed by atoms with van der Waals surface area (Å²) in [4.78, 5) is 12.6. The van der Waals surface area contributed by atoms with Crippen LogP contribution in [-0.4, -0.2) is 30.5 Å². The van der Waals surface area contributed by atoms with Crippen molar-refractivity contribution in [2.24, 2.45) is 7.05 Å². The van der Waals surface area contributed by atoms with Gasteiger partial charge >= 0.3 is 0 Å². The number of carbonyl (C=O) groups excluding carboxylic acids is 1. The number of H-pyrrole nitrogens is 1. The van der Waals surface area contributed by atoms with Crippen LogP contribution in [0.25, 0.3) is 16.9 Å². The van der Waals surface area contributed by atoms with Crippen LogP contribution in [0.15, 0.2) is 60.8 Å². The number of aromatic amines is 1. The number of para-hydroxylation sites is 1. The Morgan fingerprint density at radius 2 is 1.90 bits per heavy atom. The van der Waals surface area contributed by atoms with Crippen molar-refractivity contribution in [1.82, 2.24) is 29.9 Å². The van der Waals surface area contributed by atoms with Crippen molar-refractivity contribution in [2.45, 2.75) is 13.0 Å². The topological polar surface area (TPSA) is 80.5 Å². The summed E-state index contributed by atoms with van der Waals surface area (Å²) in [6.45, 7) is 0.283. The second-order valence-electron chi connectivity index (χ2n) is 6.75. The van der Waals surface area contributed by atoms with Crippen LogP contribution in [0.2, 0.25) is 5.02 Å². The van der Waals surface area contributed by atoms with Crippen molar-refractivity contribution in [3.63, 3.8) is 0 Å². The summed E-state index contributed by atoms with van der Waals surface area (Å²) in [5, 5.41) is 15.1. The number of nitrogens with one attached hydrogen (secondary N) is 2. The van der Waals surface area contributed by atoms with Crippen LogP contribution in [0, 0.1) is 4.77 Å². The van der Waals surface area contributed by atoms with Gasteiger partial charge in [-0.1, -0.05) is 41.9 Å². The SMILES string of the molecule is Cn1c(CNC(=O)Cc2cn(-c3ccccc3)nc2-c2ccc(Cl)cc2)n[nH]c1=S. The number of hydrogen-bond acceptors (Lipinski definition) is 4. The number of halogens is 1. The van der Waals surface area contributed by atoms with E-state index in [1.165, 1.54) is 0 Å². The molecular formula is C21H19ClN6OS. The summed E-state index contributed by atoms with van der Waals surface area (Å²) in [5.41, 5.74) is 3.37. The highest BCUT2D eigenvalue weighted by Crippen LogP contribution is 2.25. The first-order chi connectivity index (χ1) is 14.5. The third kappa shape index (κ3) is 4.34. The standard InChI is InChI=1S/C21H19ClN6OS/c1-27-18(24-25-21(27)30)12-23-19(29)11-15-13-28(17-5-3-2-4-6-17)26-20(15)14-7-9-16(22)10-8-14/h2-10,13H,11-12H2,1H3,(H,23,29)(H,25,30). The van der Waals surface area contributed by atoms with Gasteiger partial charge in [-0.15, -0.1) is 0 Å². The molecule has 9 heteroatoms. The molecule has 2 aromatic heterocycles. The smallest absolute Gasteiger partial charge is 0.224 e. The van der Waals surface area contributed by atoms with E-state index in [-0.39, 0.29) is 18.9 Å². The molecule has 30 heavy (non-hydrogen) atoms. The van der Waals surface area contributed by atoms with Crippen LogP contribution in [0.5, 0.6) is 0 Å². The average Bonchev–Trinajstić information content (AvgIpc) is 3.31. The van der Waals surface area contributed by atoms with Gasteiger partial charge in [0.05, 0.1) is 24.3 Å². The van der Waals surface area contributed by atoms with Gasteiger partial charge in [0.25, 0.3) is 0 Å². The van der Waals surface area contributed by atoms with E-state index in [1.54, 1.807) is 16.3 Å². The second kappa shape index (κ2) is 8.64. The molecule has 0 aliphatic heterocycles. The Kier molecular flexibility index (Phi) is 5.78. The number of carbonyl (C=O) groups is 1. The van der Waals surface area contributed by atoms with Crippen LogP contribution in [0.3, 0.4) is 0 Å². The first kappa shape index (κ1) is 20.1. The van der Waals surface area contributed by atoms with Gasteiger partial charge in [-0.3, -0.25) is 9.89 Å². The normalized spacial score (nSPS) is 10.9. The summed E-state index contributed by atoms with van der Waals surface area (Å²) in [6.07, 6.45) is 2.06. The van der Waals surface area contributed by atoms with E-state index in [0.29, 0.717) is 15.6 Å². The molecule has 0 bridgehead atoms. The van der Waals surface area contributed by atoms with Gasteiger partial charge in [0, 0.05) is 29.4 Å². The summed E-state index contributed by atoms with van der Waals surface area (Å²) in [5.74, 6) is 0.526. The molecule has 4 rings (SSSR count). The molecule has 7 nitrogen and oxygen atoms in total. The van der Waals surface area contributed by atoms with Gasteiger partial charge in [0.15, 0.2) is 10.6 Å². The van der Waals surface area contributed by atoms with Crippen LogP contribution >= 0.6 is 23.8 Å². The van der Waals surface area contributed by atoms with Gasteiger partial charge in [-0.2, -0.15) is 10.2 Å². The minimum absolute atomic E-state index is 0.133. The van der Waals surface area contributed by atoms with Gasteiger partial charge in [0.2, 0.25) is 5.91 Å². The quantitative estimate of drug-likeness (QED) is 0.448. The van der Waals surface area contributed by atoms with E-state index in [2.05, 4.69) is 15.5 Å². The molecule has 0 aliphatic rings. The fraction of sp³-hybridized carbons (Fsp3) is 0.143. The lowest BCUT2D eigenvalue weighted by Crippen LogP contribution is -2.26. The third-order valence-electron chi connectivity index (χ3n) is 4.70. The fourth-order valence-electron chi connectivity index (χ4n) is 3.05. The number of amides is 1. The van der Waals surface area contributed by atoms with Crippen molar-refractivity contribution >= 4 is 29.7 Å². The zero-order valence-corrected chi connectivity index (χ0v) is 17.7. The van der Waals surface area contributed by atoms with E-state index in [9.17, 15) is 4.79 Å². The molecule has 4 aromatic rings. The van der Waals surface area contributed by atoms with Gasteiger partial charge in [-0.25, -0.2) is 4.68 Å². The molecule has 0 fully saturated rings. The maximum absolute atomic E-state index is 12.6. The Hall–Kier alpha value is -3.23. The molecular weight excluding hydrogens is 420 g/mol. The highest BCUT2D eigenvalue weighted by Gasteiger charge is 2.16. The molecule has 0 aliphatic carbocycles. The molecule has 2 N–H and O–H groups in total. The maximum Gasteiger partial charge on any atom is 0.224 e. The Morgan fingerprint density at radius 1 is 1.17 bits per heavy atom. The predicted molar refractivity (Wildman–Crippen MR) is 118 cm³/mol. The molecule has 152 valence electrons. The summed E-state index contributed by atoms with van der Waals surface area (Å²) in [7, 11) is 1.80. The Morgan fingerprint density at radius 3 is 2.57 bits per heavy atom. The minimum atomic E-state index is -0.133. The Bertz CT molecular complexity index is 1230. The number of aromatic nitrogens is 5. The lowest BCUT2D eigenvalue weighted by Gasteiger charge is -2.05.